The Balaban J connectivity index is 2.35. The SMILES string of the molecule is CCCC(CCCl)CNS(=O)(=O)CC1CCCCC1. The lowest BCUT2D eigenvalue weighted by atomic mass is 9.91. The van der Waals surface area contributed by atoms with Crippen molar-refractivity contribution in [2.45, 2.75) is 58.3 Å². The smallest absolute Gasteiger partial charge is 0.211 e. The van der Waals surface area contributed by atoms with Crippen molar-refractivity contribution < 1.29 is 8.42 Å². The molecule has 1 unspecified atom stereocenters. The number of hydrogen-bond donors (Lipinski definition) is 1. The Hall–Kier alpha value is 0.200. The molecule has 0 spiro atoms. The average molecular weight is 310 g/mol. The third-order valence-electron chi connectivity index (χ3n) is 3.99. The maximum atomic E-state index is 12.1. The molecule has 1 aliphatic carbocycles. The third-order valence-corrected chi connectivity index (χ3v) is 5.72. The minimum absolute atomic E-state index is 0.312. The molecule has 1 atom stereocenters. The van der Waals surface area contributed by atoms with Gasteiger partial charge >= 0.3 is 0 Å². The lowest BCUT2D eigenvalue weighted by Gasteiger charge is -2.22. The summed E-state index contributed by atoms with van der Waals surface area (Å²) in [5.74, 6) is 1.66. The van der Waals surface area contributed by atoms with E-state index >= 15 is 0 Å². The largest absolute Gasteiger partial charge is 0.215 e. The molecule has 3 nitrogen and oxygen atoms in total. The summed E-state index contributed by atoms with van der Waals surface area (Å²) in [6.07, 6.45) is 8.78. The van der Waals surface area contributed by atoms with E-state index in [1.807, 2.05) is 0 Å². The summed E-state index contributed by atoms with van der Waals surface area (Å²) in [5.41, 5.74) is 0. The van der Waals surface area contributed by atoms with Gasteiger partial charge in [0.2, 0.25) is 10.0 Å². The summed E-state index contributed by atoms with van der Waals surface area (Å²) in [7, 11) is -3.11. The van der Waals surface area contributed by atoms with Gasteiger partial charge in [-0.05, 0) is 37.5 Å². The Kier molecular flexibility index (Phi) is 8.35. The highest BCUT2D eigenvalue weighted by Crippen LogP contribution is 2.24. The number of hydrogen-bond acceptors (Lipinski definition) is 2. The van der Waals surface area contributed by atoms with Crippen LogP contribution >= 0.6 is 11.6 Å². The molecule has 5 heteroatoms. The summed E-state index contributed by atoms with van der Waals surface area (Å²) >= 11 is 5.76. The van der Waals surface area contributed by atoms with Crippen molar-refractivity contribution in [1.82, 2.24) is 4.72 Å². The normalized spacial score (nSPS) is 19.5. The fraction of sp³-hybridized carbons (Fsp3) is 1.00. The first-order valence-electron chi connectivity index (χ1n) is 7.60. The van der Waals surface area contributed by atoms with E-state index in [0.29, 0.717) is 30.0 Å². The van der Waals surface area contributed by atoms with Crippen molar-refractivity contribution in [3.05, 3.63) is 0 Å². The highest BCUT2D eigenvalue weighted by Gasteiger charge is 2.21. The van der Waals surface area contributed by atoms with Gasteiger partial charge in [-0.2, -0.15) is 0 Å². The monoisotopic (exact) mass is 309 g/mol. The van der Waals surface area contributed by atoms with Crippen molar-refractivity contribution in [2.75, 3.05) is 18.2 Å². The van der Waals surface area contributed by atoms with Crippen LogP contribution in [0.1, 0.15) is 58.3 Å². The molecule has 0 aromatic rings. The molecule has 114 valence electrons. The van der Waals surface area contributed by atoms with Crippen molar-refractivity contribution in [2.24, 2.45) is 11.8 Å². The van der Waals surface area contributed by atoms with E-state index in [1.54, 1.807) is 0 Å². The Bertz CT molecular complexity index is 320. The lowest BCUT2D eigenvalue weighted by Crippen LogP contribution is -2.34. The molecule has 0 heterocycles. The van der Waals surface area contributed by atoms with Crippen molar-refractivity contribution in [3.8, 4) is 0 Å². The van der Waals surface area contributed by atoms with E-state index in [1.165, 1.54) is 19.3 Å². The van der Waals surface area contributed by atoms with Gasteiger partial charge in [-0.15, -0.1) is 11.6 Å². The van der Waals surface area contributed by atoms with Crippen LogP contribution < -0.4 is 4.72 Å². The van der Waals surface area contributed by atoms with Gasteiger partial charge in [-0.25, -0.2) is 13.1 Å². The zero-order chi connectivity index (χ0) is 14.1. The van der Waals surface area contributed by atoms with Gasteiger partial charge < -0.3 is 0 Å². The van der Waals surface area contributed by atoms with Crippen LogP contribution in [0.4, 0.5) is 0 Å². The first kappa shape index (κ1) is 17.3. The van der Waals surface area contributed by atoms with E-state index < -0.39 is 10.0 Å². The van der Waals surface area contributed by atoms with Gasteiger partial charge in [0.25, 0.3) is 0 Å². The van der Waals surface area contributed by atoms with E-state index in [-0.39, 0.29) is 0 Å². The molecule has 0 saturated heterocycles. The minimum atomic E-state index is -3.11. The molecule has 19 heavy (non-hydrogen) atoms. The summed E-state index contributed by atoms with van der Waals surface area (Å²) in [5, 5.41) is 0. The summed E-state index contributed by atoms with van der Waals surface area (Å²) in [4.78, 5) is 0. The van der Waals surface area contributed by atoms with Crippen molar-refractivity contribution in [1.29, 1.82) is 0 Å². The van der Waals surface area contributed by atoms with Crippen LogP contribution in [0.5, 0.6) is 0 Å². The summed E-state index contributed by atoms with van der Waals surface area (Å²) in [6, 6.07) is 0. The highest BCUT2D eigenvalue weighted by molar-refractivity contribution is 7.89. The zero-order valence-corrected chi connectivity index (χ0v) is 13.6. The summed E-state index contributed by atoms with van der Waals surface area (Å²) in [6.45, 7) is 2.67. The number of alkyl halides is 1. The number of nitrogens with one attached hydrogen (secondary N) is 1. The van der Waals surface area contributed by atoms with Gasteiger partial charge in [0, 0.05) is 12.4 Å². The molecule has 0 bridgehead atoms. The average Bonchev–Trinajstić information content (AvgIpc) is 2.37. The van der Waals surface area contributed by atoms with Gasteiger partial charge in [0.15, 0.2) is 0 Å². The van der Waals surface area contributed by atoms with Gasteiger partial charge in [0.05, 0.1) is 5.75 Å². The second-order valence-corrected chi connectivity index (χ2v) is 8.00. The molecular formula is C14H28ClNO2S. The molecule has 0 aromatic carbocycles. The maximum absolute atomic E-state index is 12.1. The molecule has 1 saturated carbocycles. The van der Waals surface area contributed by atoms with E-state index in [2.05, 4.69) is 11.6 Å². The minimum Gasteiger partial charge on any atom is -0.215 e. The lowest BCUT2D eigenvalue weighted by molar-refractivity contribution is 0.382. The topological polar surface area (TPSA) is 46.2 Å². The standard InChI is InChI=1S/C14H28ClNO2S/c1-2-6-13(9-10-15)11-16-19(17,18)12-14-7-4-3-5-8-14/h13-14,16H,2-12H2,1H3. The molecule has 1 aliphatic rings. The molecule has 0 amide bonds. The Morgan fingerprint density at radius 2 is 1.89 bits per heavy atom. The van der Waals surface area contributed by atoms with E-state index in [0.717, 1.165) is 32.1 Å². The quantitative estimate of drug-likeness (QED) is 0.662. The molecule has 0 aliphatic heterocycles. The molecule has 1 fully saturated rings. The van der Waals surface area contributed by atoms with Crippen LogP contribution in [-0.4, -0.2) is 26.6 Å². The Labute approximate surface area is 123 Å². The van der Waals surface area contributed by atoms with Gasteiger partial charge in [-0.3, -0.25) is 0 Å². The first-order valence-corrected chi connectivity index (χ1v) is 9.79. The molecular weight excluding hydrogens is 282 g/mol. The molecule has 1 rings (SSSR count). The fourth-order valence-corrected chi connectivity index (χ4v) is 4.75. The molecule has 0 radical (unpaired) electrons. The van der Waals surface area contributed by atoms with Crippen LogP contribution in [0.15, 0.2) is 0 Å². The number of halogens is 1. The van der Waals surface area contributed by atoms with E-state index in [4.69, 9.17) is 11.6 Å². The maximum Gasteiger partial charge on any atom is 0.211 e. The number of sulfonamides is 1. The Morgan fingerprint density at radius 1 is 1.21 bits per heavy atom. The van der Waals surface area contributed by atoms with Crippen LogP contribution in [0.25, 0.3) is 0 Å². The van der Waals surface area contributed by atoms with Crippen LogP contribution in [0.3, 0.4) is 0 Å². The highest BCUT2D eigenvalue weighted by atomic mass is 35.5. The van der Waals surface area contributed by atoms with E-state index in [9.17, 15) is 8.42 Å². The van der Waals surface area contributed by atoms with Gasteiger partial charge in [0.1, 0.15) is 0 Å². The third kappa shape index (κ3) is 7.52. The van der Waals surface area contributed by atoms with Gasteiger partial charge in [-0.1, -0.05) is 32.6 Å². The van der Waals surface area contributed by atoms with Crippen LogP contribution in [0, 0.1) is 11.8 Å². The fourth-order valence-electron chi connectivity index (χ4n) is 2.88. The van der Waals surface area contributed by atoms with Crippen molar-refractivity contribution >= 4 is 21.6 Å². The Morgan fingerprint density at radius 3 is 2.47 bits per heavy atom. The summed E-state index contributed by atoms with van der Waals surface area (Å²) < 4.78 is 26.9. The first-order chi connectivity index (χ1) is 9.07. The predicted molar refractivity (Wildman–Crippen MR) is 82.1 cm³/mol. The molecule has 1 N–H and O–H groups in total. The molecule has 0 aromatic heterocycles. The second-order valence-electron chi connectivity index (χ2n) is 5.77. The van der Waals surface area contributed by atoms with Crippen LogP contribution in [-0.2, 0) is 10.0 Å². The van der Waals surface area contributed by atoms with Crippen LogP contribution in [0.2, 0.25) is 0 Å². The second kappa shape index (κ2) is 9.19. The zero-order valence-electron chi connectivity index (χ0n) is 12.0. The van der Waals surface area contributed by atoms with Crippen molar-refractivity contribution in [3.63, 3.8) is 0 Å². The number of rotatable bonds is 9. The predicted octanol–water partition coefficient (Wildman–Crippen LogP) is 3.53.